The minimum atomic E-state index is -4.64. The van der Waals surface area contributed by atoms with Crippen LogP contribution in [-0.2, 0) is 11.0 Å². The first-order valence-electron chi connectivity index (χ1n) is 9.41. The third-order valence-corrected chi connectivity index (χ3v) is 6.00. The van der Waals surface area contributed by atoms with Gasteiger partial charge in [0.05, 0.1) is 0 Å². The Morgan fingerprint density at radius 3 is 2.53 bits per heavy atom. The van der Waals surface area contributed by atoms with E-state index in [4.69, 9.17) is 0 Å². The smallest absolute Gasteiger partial charge is 0.355 e. The van der Waals surface area contributed by atoms with E-state index in [-0.39, 0.29) is 23.4 Å². The number of nitrogens with one attached hydrogen (secondary N) is 1. The van der Waals surface area contributed by atoms with Gasteiger partial charge < -0.3 is 10.2 Å². The lowest BCUT2D eigenvalue weighted by Crippen LogP contribution is -2.38. The molecule has 1 amide bonds. The molecular weight excluding hydrogens is 421 g/mol. The molecule has 13 heteroatoms. The van der Waals surface area contributed by atoms with Gasteiger partial charge in [-0.3, -0.25) is 4.79 Å². The van der Waals surface area contributed by atoms with Crippen LogP contribution in [0.15, 0.2) is 12.1 Å². The van der Waals surface area contributed by atoms with E-state index in [1.807, 2.05) is 18.7 Å². The van der Waals surface area contributed by atoms with Gasteiger partial charge in [0.15, 0.2) is 5.65 Å². The van der Waals surface area contributed by atoms with Crippen LogP contribution in [0.2, 0.25) is 0 Å². The number of hydrogen-bond acceptors (Lipinski definition) is 8. The van der Waals surface area contributed by atoms with Crippen LogP contribution in [0.5, 0.6) is 0 Å². The summed E-state index contributed by atoms with van der Waals surface area (Å²) in [6.45, 7) is 5.00. The maximum atomic E-state index is 13.1. The van der Waals surface area contributed by atoms with Crippen molar-refractivity contribution in [1.82, 2.24) is 30.0 Å². The fourth-order valence-corrected chi connectivity index (χ4v) is 3.97. The van der Waals surface area contributed by atoms with Gasteiger partial charge >= 0.3 is 6.18 Å². The maximum Gasteiger partial charge on any atom is 0.453 e. The quantitative estimate of drug-likeness (QED) is 0.666. The predicted octanol–water partition coefficient (Wildman–Crippen LogP) is 2.97. The van der Waals surface area contributed by atoms with Crippen LogP contribution in [-0.4, -0.2) is 49.0 Å². The number of hydrogen-bond donors (Lipinski definition) is 1. The molecule has 0 bridgehead atoms. The molecule has 3 aromatic rings. The van der Waals surface area contributed by atoms with Gasteiger partial charge in [-0.05, 0) is 25.0 Å². The van der Waals surface area contributed by atoms with Gasteiger partial charge in [-0.1, -0.05) is 25.2 Å². The maximum absolute atomic E-state index is 13.1. The number of alkyl halides is 3. The molecule has 9 nitrogen and oxygen atoms in total. The minimum absolute atomic E-state index is 0.0261. The number of carbonyl (C=O) groups is 1. The summed E-state index contributed by atoms with van der Waals surface area (Å²) in [6.07, 6.45) is -3.54. The van der Waals surface area contributed by atoms with Gasteiger partial charge in [0.1, 0.15) is 10.8 Å². The first-order chi connectivity index (χ1) is 14.2. The summed E-state index contributed by atoms with van der Waals surface area (Å²) in [7, 11) is 0. The fourth-order valence-electron chi connectivity index (χ4n) is 3.22. The SMILES string of the molecule is CC(C)c1nnc(NC(=O)C2CCN(c3ccc4nnc(C(F)(F)F)n4n3)CC2)s1. The number of halogens is 3. The predicted molar refractivity (Wildman–Crippen MR) is 103 cm³/mol. The summed E-state index contributed by atoms with van der Waals surface area (Å²) in [5, 5.41) is 23.0. The van der Waals surface area contributed by atoms with Crippen molar-refractivity contribution < 1.29 is 18.0 Å². The monoisotopic (exact) mass is 440 g/mol. The molecule has 1 fully saturated rings. The second-order valence-corrected chi connectivity index (χ2v) is 8.34. The molecular formula is C17H19F3N8OS. The largest absolute Gasteiger partial charge is 0.453 e. The summed E-state index contributed by atoms with van der Waals surface area (Å²) in [5.74, 6) is -0.867. The van der Waals surface area contributed by atoms with Crippen molar-refractivity contribution in [3.05, 3.63) is 23.0 Å². The van der Waals surface area contributed by atoms with Crippen LogP contribution < -0.4 is 10.2 Å². The first kappa shape index (κ1) is 20.4. The molecule has 1 saturated heterocycles. The van der Waals surface area contributed by atoms with Crippen molar-refractivity contribution in [2.24, 2.45) is 5.92 Å². The lowest BCUT2D eigenvalue weighted by Gasteiger charge is -2.31. The summed E-state index contributed by atoms with van der Waals surface area (Å²) >= 11 is 1.35. The summed E-state index contributed by atoms with van der Waals surface area (Å²) in [6, 6.07) is 3.06. The highest BCUT2D eigenvalue weighted by Gasteiger charge is 2.38. The highest BCUT2D eigenvalue weighted by atomic mass is 32.1. The Labute approximate surface area is 173 Å². The molecule has 0 unspecified atom stereocenters. The third kappa shape index (κ3) is 4.06. The number of amides is 1. The molecule has 0 aliphatic carbocycles. The Kier molecular flexibility index (Phi) is 5.30. The summed E-state index contributed by atoms with van der Waals surface area (Å²) in [4.78, 5) is 14.4. The van der Waals surface area contributed by atoms with Gasteiger partial charge in [-0.25, -0.2) is 0 Å². The molecule has 160 valence electrons. The molecule has 1 N–H and O–H groups in total. The number of fused-ring (bicyclic) bond motifs is 1. The van der Waals surface area contributed by atoms with E-state index in [0.717, 1.165) is 5.01 Å². The van der Waals surface area contributed by atoms with Crippen LogP contribution in [0.1, 0.15) is 43.4 Å². The highest BCUT2D eigenvalue weighted by Crippen LogP contribution is 2.29. The van der Waals surface area contributed by atoms with E-state index in [9.17, 15) is 18.0 Å². The van der Waals surface area contributed by atoms with Crippen LogP contribution in [0, 0.1) is 5.92 Å². The second-order valence-electron chi connectivity index (χ2n) is 7.33. The van der Waals surface area contributed by atoms with E-state index in [2.05, 4.69) is 30.8 Å². The van der Waals surface area contributed by atoms with Gasteiger partial charge in [0, 0.05) is 24.9 Å². The Balaban J connectivity index is 1.41. The van der Waals surface area contributed by atoms with E-state index < -0.39 is 12.0 Å². The molecule has 4 rings (SSSR count). The van der Waals surface area contributed by atoms with Gasteiger partial charge in [-0.15, -0.1) is 25.5 Å². The zero-order chi connectivity index (χ0) is 21.5. The molecule has 0 saturated carbocycles. The molecule has 1 aliphatic rings. The first-order valence-corrected chi connectivity index (χ1v) is 10.2. The number of rotatable bonds is 4. The Bertz CT molecular complexity index is 1050. The summed E-state index contributed by atoms with van der Waals surface area (Å²) in [5.41, 5.74) is 0.0261. The molecule has 0 atom stereocenters. The average Bonchev–Trinajstić information content (AvgIpc) is 3.34. The number of carbonyl (C=O) groups excluding carboxylic acids is 1. The lowest BCUT2D eigenvalue weighted by atomic mass is 9.96. The Morgan fingerprint density at radius 2 is 1.90 bits per heavy atom. The van der Waals surface area contributed by atoms with E-state index >= 15 is 0 Å². The lowest BCUT2D eigenvalue weighted by molar-refractivity contribution is -0.146. The standard InChI is InChI=1S/C17H19F3N8OS/c1-9(2)14-23-25-16(30-14)21-13(29)10-5-7-27(8-6-10)12-4-3-11-22-24-15(17(18,19)20)28(11)26-12/h3-4,9-10H,5-8H2,1-2H3,(H,21,25,29). The topological polar surface area (TPSA) is 101 Å². The molecule has 1 aliphatic heterocycles. The number of piperidine rings is 1. The fraction of sp³-hybridized carbons (Fsp3) is 0.529. The molecule has 3 aromatic heterocycles. The number of anilines is 2. The van der Waals surface area contributed by atoms with Crippen molar-refractivity contribution in [2.75, 3.05) is 23.3 Å². The van der Waals surface area contributed by atoms with E-state index in [1.54, 1.807) is 6.07 Å². The van der Waals surface area contributed by atoms with Crippen LogP contribution in [0.3, 0.4) is 0 Å². The average molecular weight is 440 g/mol. The molecule has 0 aromatic carbocycles. The molecule has 0 spiro atoms. The summed E-state index contributed by atoms with van der Waals surface area (Å²) < 4.78 is 39.9. The van der Waals surface area contributed by atoms with E-state index in [1.165, 1.54) is 17.4 Å². The van der Waals surface area contributed by atoms with Crippen LogP contribution in [0.4, 0.5) is 24.1 Å². The van der Waals surface area contributed by atoms with Crippen LogP contribution in [0.25, 0.3) is 5.65 Å². The minimum Gasteiger partial charge on any atom is -0.355 e. The van der Waals surface area contributed by atoms with Crippen molar-refractivity contribution in [1.29, 1.82) is 0 Å². The van der Waals surface area contributed by atoms with Crippen molar-refractivity contribution >= 4 is 33.8 Å². The number of aromatic nitrogens is 6. The third-order valence-electron chi connectivity index (χ3n) is 4.86. The van der Waals surface area contributed by atoms with Crippen LogP contribution >= 0.6 is 11.3 Å². The Hall–Kier alpha value is -2.83. The van der Waals surface area contributed by atoms with Gasteiger partial charge in [0.25, 0.3) is 5.82 Å². The number of nitrogens with zero attached hydrogens (tertiary/aromatic N) is 7. The highest BCUT2D eigenvalue weighted by molar-refractivity contribution is 7.15. The molecule has 30 heavy (non-hydrogen) atoms. The van der Waals surface area contributed by atoms with Crippen molar-refractivity contribution in [3.8, 4) is 0 Å². The zero-order valence-corrected chi connectivity index (χ0v) is 17.0. The molecule has 0 radical (unpaired) electrons. The van der Waals surface area contributed by atoms with Gasteiger partial charge in [-0.2, -0.15) is 17.7 Å². The Morgan fingerprint density at radius 1 is 1.17 bits per heavy atom. The van der Waals surface area contributed by atoms with Crippen molar-refractivity contribution in [3.63, 3.8) is 0 Å². The second kappa shape index (κ2) is 7.78. The normalized spacial score (nSPS) is 15.9. The zero-order valence-electron chi connectivity index (χ0n) is 16.2. The molecule has 4 heterocycles. The van der Waals surface area contributed by atoms with Gasteiger partial charge in [0.2, 0.25) is 11.0 Å². The van der Waals surface area contributed by atoms with Crippen molar-refractivity contribution in [2.45, 2.75) is 38.8 Å². The van der Waals surface area contributed by atoms with E-state index in [0.29, 0.717) is 41.4 Å².